The first kappa shape index (κ1) is 24.2. The Hall–Kier alpha value is -2.05. The Morgan fingerprint density at radius 2 is 1.87 bits per heavy atom. The number of carbonyl (C=O) groups is 2. The van der Waals surface area contributed by atoms with Crippen LogP contribution in [0, 0.1) is 5.82 Å². The zero-order chi connectivity index (χ0) is 21.9. The average Bonchev–Trinajstić information content (AvgIpc) is 2.74. The van der Waals surface area contributed by atoms with Crippen molar-refractivity contribution in [2.45, 2.75) is 45.0 Å². The van der Waals surface area contributed by atoms with Crippen LogP contribution in [0.2, 0.25) is 5.02 Å². The van der Waals surface area contributed by atoms with Gasteiger partial charge in [0.05, 0.1) is 5.75 Å². The lowest BCUT2D eigenvalue weighted by Gasteiger charge is -2.29. The molecule has 7 heteroatoms. The zero-order valence-electron chi connectivity index (χ0n) is 17.4. The summed E-state index contributed by atoms with van der Waals surface area (Å²) in [5.74, 6) is 0.207. The van der Waals surface area contributed by atoms with Crippen molar-refractivity contribution >= 4 is 35.2 Å². The van der Waals surface area contributed by atoms with Gasteiger partial charge < -0.3 is 10.2 Å². The Morgan fingerprint density at radius 1 is 1.17 bits per heavy atom. The van der Waals surface area contributed by atoms with Crippen LogP contribution >= 0.6 is 23.4 Å². The van der Waals surface area contributed by atoms with Gasteiger partial charge in [0.15, 0.2) is 0 Å². The number of benzene rings is 2. The molecule has 2 aromatic rings. The molecule has 0 bridgehead atoms. The van der Waals surface area contributed by atoms with Crippen LogP contribution in [0.5, 0.6) is 0 Å². The third-order valence-electron chi connectivity index (χ3n) is 4.70. The number of halogens is 2. The van der Waals surface area contributed by atoms with E-state index in [9.17, 15) is 14.0 Å². The Kier molecular flexibility index (Phi) is 10.2. The molecule has 0 aromatic heterocycles. The highest BCUT2D eigenvalue weighted by atomic mass is 35.5. The minimum Gasteiger partial charge on any atom is -0.354 e. The maximum Gasteiger partial charge on any atom is 0.242 e. The number of amides is 2. The predicted molar refractivity (Wildman–Crippen MR) is 122 cm³/mol. The number of hydrogen-bond acceptors (Lipinski definition) is 3. The molecule has 4 nitrogen and oxygen atoms in total. The third-order valence-corrected chi connectivity index (χ3v) is 6.06. The molecule has 162 valence electrons. The molecule has 0 saturated heterocycles. The summed E-state index contributed by atoms with van der Waals surface area (Å²) in [4.78, 5) is 27.2. The minimum absolute atomic E-state index is 0.139. The molecule has 0 aliphatic carbocycles. The molecule has 1 N–H and O–H groups in total. The Morgan fingerprint density at radius 3 is 2.53 bits per heavy atom. The molecular formula is C23H28ClFN2O2S. The van der Waals surface area contributed by atoms with E-state index in [-0.39, 0.29) is 29.9 Å². The van der Waals surface area contributed by atoms with Crippen molar-refractivity contribution in [3.63, 3.8) is 0 Å². The van der Waals surface area contributed by atoms with E-state index in [0.29, 0.717) is 17.3 Å². The van der Waals surface area contributed by atoms with Crippen molar-refractivity contribution in [2.75, 3.05) is 12.3 Å². The average molecular weight is 451 g/mol. The van der Waals surface area contributed by atoms with Crippen molar-refractivity contribution in [3.05, 3.63) is 70.5 Å². The first-order valence-corrected chi connectivity index (χ1v) is 11.6. The number of hydrogen-bond donors (Lipinski definition) is 1. The first-order valence-electron chi connectivity index (χ1n) is 10.0. The van der Waals surface area contributed by atoms with Gasteiger partial charge in [-0.05, 0) is 42.7 Å². The number of rotatable bonds is 11. The van der Waals surface area contributed by atoms with E-state index in [1.165, 1.54) is 23.9 Å². The lowest BCUT2D eigenvalue weighted by Crippen LogP contribution is -2.48. The van der Waals surface area contributed by atoms with Gasteiger partial charge in [-0.15, -0.1) is 11.8 Å². The van der Waals surface area contributed by atoms with Crippen LogP contribution in [0.4, 0.5) is 4.39 Å². The predicted octanol–water partition coefficient (Wildman–Crippen LogP) is 5.05. The molecule has 0 radical (unpaired) electrons. The molecule has 2 amide bonds. The molecule has 0 heterocycles. The first-order chi connectivity index (χ1) is 14.4. The molecule has 0 aliphatic rings. The maximum absolute atomic E-state index is 13.0. The molecule has 2 rings (SSSR count). The number of nitrogens with one attached hydrogen (secondary N) is 1. The largest absolute Gasteiger partial charge is 0.354 e. The Labute approximate surface area is 187 Å². The molecule has 0 fully saturated rings. The molecule has 0 spiro atoms. The topological polar surface area (TPSA) is 49.4 Å². The lowest BCUT2D eigenvalue weighted by molar-refractivity contribution is -0.138. The normalized spacial score (nSPS) is 11.7. The van der Waals surface area contributed by atoms with E-state index in [4.69, 9.17) is 11.6 Å². The molecule has 0 unspecified atom stereocenters. The van der Waals surface area contributed by atoms with E-state index < -0.39 is 6.04 Å². The second-order valence-corrected chi connectivity index (χ2v) is 8.45. The van der Waals surface area contributed by atoms with Crippen LogP contribution in [-0.4, -0.2) is 35.1 Å². The van der Waals surface area contributed by atoms with Gasteiger partial charge in [0.2, 0.25) is 11.8 Å². The lowest BCUT2D eigenvalue weighted by atomic mass is 10.1. The van der Waals surface area contributed by atoms with Crippen LogP contribution in [0.3, 0.4) is 0 Å². The van der Waals surface area contributed by atoms with Crippen LogP contribution in [0.15, 0.2) is 48.5 Å². The fourth-order valence-electron chi connectivity index (χ4n) is 2.85. The Balaban J connectivity index is 2.04. The molecule has 1 atom stereocenters. The standard InChI is InChI=1S/C23H28ClFN2O2S/c1-3-4-13-26-23(29)17(2)27(14-19-7-5-6-8-21(19)24)22(28)16-30-15-18-9-11-20(25)12-10-18/h5-12,17H,3-4,13-16H2,1-2H3,(H,26,29)/t17-/m0/s1. The van der Waals surface area contributed by atoms with Crippen LogP contribution < -0.4 is 5.32 Å². The van der Waals surface area contributed by atoms with Gasteiger partial charge in [0, 0.05) is 23.9 Å². The summed E-state index contributed by atoms with van der Waals surface area (Å²) in [6.07, 6.45) is 1.88. The van der Waals surface area contributed by atoms with Crippen LogP contribution in [-0.2, 0) is 21.9 Å². The summed E-state index contributed by atoms with van der Waals surface area (Å²) in [6.45, 7) is 4.65. The van der Waals surface area contributed by atoms with Crippen LogP contribution in [0.25, 0.3) is 0 Å². The third kappa shape index (κ3) is 7.65. The van der Waals surface area contributed by atoms with Gasteiger partial charge in [-0.3, -0.25) is 9.59 Å². The van der Waals surface area contributed by atoms with Crippen molar-refractivity contribution in [3.8, 4) is 0 Å². The summed E-state index contributed by atoms with van der Waals surface area (Å²) < 4.78 is 13.0. The summed E-state index contributed by atoms with van der Waals surface area (Å²) in [7, 11) is 0. The van der Waals surface area contributed by atoms with E-state index in [1.54, 1.807) is 30.0 Å². The molecule has 2 aromatic carbocycles. The summed E-state index contributed by atoms with van der Waals surface area (Å²) in [6, 6.07) is 12.9. The highest BCUT2D eigenvalue weighted by Crippen LogP contribution is 2.20. The minimum atomic E-state index is -0.614. The highest BCUT2D eigenvalue weighted by molar-refractivity contribution is 7.99. The molecule has 0 saturated carbocycles. The van der Waals surface area contributed by atoms with Gasteiger partial charge >= 0.3 is 0 Å². The second kappa shape index (κ2) is 12.6. The Bertz CT molecular complexity index is 832. The van der Waals surface area contributed by atoms with E-state index in [1.807, 2.05) is 18.2 Å². The summed E-state index contributed by atoms with van der Waals surface area (Å²) >= 11 is 7.72. The van der Waals surface area contributed by atoms with Crippen molar-refractivity contribution in [1.82, 2.24) is 10.2 Å². The van der Waals surface area contributed by atoms with Gasteiger partial charge in [-0.2, -0.15) is 0 Å². The molecule has 0 aliphatic heterocycles. The SMILES string of the molecule is CCCCNC(=O)[C@H](C)N(Cc1ccccc1Cl)C(=O)CSCc1ccc(F)cc1. The number of thioether (sulfide) groups is 1. The number of unbranched alkanes of at least 4 members (excludes halogenated alkanes) is 1. The van der Waals surface area contributed by atoms with E-state index >= 15 is 0 Å². The smallest absolute Gasteiger partial charge is 0.242 e. The van der Waals surface area contributed by atoms with Crippen molar-refractivity contribution in [2.24, 2.45) is 0 Å². The monoisotopic (exact) mass is 450 g/mol. The fraction of sp³-hybridized carbons (Fsp3) is 0.391. The van der Waals surface area contributed by atoms with E-state index in [0.717, 1.165) is 24.0 Å². The van der Waals surface area contributed by atoms with Crippen molar-refractivity contribution < 1.29 is 14.0 Å². The second-order valence-electron chi connectivity index (χ2n) is 7.05. The van der Waals surface area contributed by atoms with Gasteiger partial charge in [-0.25, -0.2) is 4.39 Å². The van der Waals surface area contributed by atoms with Gasteiger partial charge in [0.1, 0.15) is 11.9 Å². The highest BCUT2D eigenvalue weighted by Gasteiger charge is 2.26. The zero-order valence-corrected chi connectivity index (χ0v) is 18.9. The quantitative estimate of drug-likeness (QED) is 0.487. The van der Waals surface area contributed by atoms with Crippen molar-refractivity contribution in [1.29, 1.82) is 0 Å². The maximum atomic E-state index is 13.0. The fourth-order valence-corrected chi connectivity index (χ4v) is 3.91. The van der Waals surface area contributed by atoms with E-state index in [2.05, 4.69) is 12.2 Å². The molecule has 30 heavy (non-hydrogen) atoms. The molecular weight excluding hydrogens is 423 g/mol. The number of carbonyl (C=O) groups excluding carboxylic acids is 2. The summed E-state index contributed by atoms with van der Waals surface area (Å²) in [5, 5.41) is 3.46. The summed E-state index contributed by atoms with van der Waals surface area (Å²) in [5.41, 5.74) is 1.74. The van der Waals surface area contributed by atoms with Crippen LogP contribution in [0.1, 0.15) is 37.8 Å². The van der Waals surface area contributed by atoms with Gasteiger partial charge in [-0.1, -0.05) is 55.3 Å². The number of nitrogens with zero attached hydrogens (tertiary/aromatic N) is 1. The van der Waals surface area contributed by atoms with Gasteiger partial charge in [0.25, 0.3) is 0 Å².